The third kappa shape index (κ3) is 3.58. The molecule has 1 saturated heterocycles. The molecular weight excluding hydrogens is 250 g/mol. The van der Waals surface area contributed by atoms with Gasteiger partial charge in [-0.15, -0.1) is 0 Å². The molecule has 2 atom stereocenters. The second kappa shape index (κ2) is 6.53. The van der Waals surface area contributed by atoms with Crippen molar-refractivity contribution in [1.29, 1.82) is 5.26 Å². The zero-order chi connectivity index (χ0) is 14.5. The molecule has 0 bridgehead atoms. The highest BCUT2D eigenvalue weighted by Gasteiger charge is 2.22. The summed E-state index contributed by atoms with van der Waals surface area (Å²) in [6, 6.07) is 10.2. The fourth-order valence-corrected chi connectivity index (χ4v) is 2.65. The summed E-state index contributed by atoms with van der Waals surface area (Å²) in [5, 5.41) is 12.3. The van der Waals surface area contributed by atoms with E-state index >= 15 is 0 Å². The maximum atomic E-state index is 11.6. The number of carbonyl (C=O) groups excluding carboxylic acids is 1. The van der Waals surface area contributed by atoms with Crippen LogP contribution in [0.4, 0.5) is 0 Å². The van der Waals surface area contributed by atoms with Crippen LogP contribution in [0.25, 0.3) is 0 Å². The fraction of sp³-hybridized carbons (Fsp3) is 0.500. The number of nitrogens with zero attached hydrogens (tertiary/aromatic N) is 2. The molecule has 2 rings (SSSR count). The lowest BCUT2D eigenvalue weighted by molar-refractivity contribution is -0.127. The summed E-state index contributed by atoms with van der Waals surface area (Å²) in [4.78, 5) is 13.5. The van der Waals surface area contributed by atoms with Gasteiger partial charge in [-0.05, 0) is 38.0 Å². The van der Waals surface area contributed by atoms with Crippen molar-refractivity contribution in [2.24, 2.45) is 0 Å². The molecule has 106 valence electrons. The second-order valence-corrected chi connectivity index (χ2v) is 5.47. The van der Waals surface area contributed by atoms with E-state index in [9.17, 15) is 4.79 Å². The minimum absolute atomic E-state index is 0.204. The van der Waals surface area contributed by atoms with Crippen LogP contribution in [-0.4, -0.2) is 29.9 Å². The average Bonchev–Trinajstić information content (AvgIpc) is 2.84. The number of hydrogen-bond acceptors (Lipinski definition) is 3. The molecule has 0 radical (unpaired) electrons. The third-order valence-corrected chi connectivity index (χ3v) is 3.74. The molecule has 4 heteroatoms. The summed E-state index contributed by atoms with van der Waals surface area (Å²) < 4.78 is 0. The Bertz CT molecular complexity index is 503. The summed E-state index contributed by atoms with van der Waals surface area (Å²) in [6.07, 6.45) is 1.68. The van der Waals surface area contributed by atoms with Crippen molar-refractivity contribution in [3.8, 4) is 6.07 Å². The molecule has 0 aromatic heterocycles. The standard InChI is InChI=1S/C16H21N3O/c1-12(11-19-9-3-4-16(19)20)18-13(2)15-7-5-14(10-17)6-8-15/h5-8,12-13,18H,3-4,9,11H2,1-2H3. The van der Waals surface area contributed by atoms with Crippen LogP contribution in [-0.2, 0) is 4.79 Å². The Balaban J connectivity index is 1.88. The lowest BCUT2D eigenvalue weighted by Gasteiger charge is -2.25. The van der Waals surface area contributed by atoms with Crippen molar-refractivity contribution >= 4 is 5.91 Å². The molecular formula is C16H21N3O. The van der Waals surface area contributed by atoms with Gasteiger partial charge >= 0.3 is 0 Å². The molecule has 1 heterocycles. The number of nitrogens with one attached hydrogen (secondary N) is 1. The van der Waals surface area contributed by atoms with Crippen LogP contribution in [0.1, 0.15) is 43.9 Å². The quantitative estimate of drug-likeness (QED) is 0.893. The molecule has 1 aliphatic rings. The van der Waals surface area contributed by atoms with Gasteiger partial charge in [0.2, 0.25) is 5.91 Å². The van der Waals surface area contributed by atoms with E-state index in [-0.39, 0.29) is 18.0 Å². The van der Waals surface area contributed by atoms with E-state index in [1.54, 1.807) is 0 Å². The minimum Gasteiger partial charge on any atom is -0.341 e. The van der Waals surface area contributed by atoms with Crippen LogP contribution in [0.15, 0.2) is 24.3 Å². The predicted octanol–water partition coefficient (Wildman–Crippen LogP) is 2.22. The van der Waals surface area contributed by atoms with Gasteiger partial charge in [0.15, 0.2) is 0 Å². The molecule has 4 nitrogen and oxygen atoms in total. The molecule has 1 aromatic carbocycles. The van der Waals surface area contributed by atoms with Crippen LogP contribution in [0.2, 0.25) is 0 Å². The van der Waals surface area contributed by atoms with Crippen molar-refractivity contribution < 1.29 is 4.79 Å². The molecule has 1 fully saturated rings. The summed E-state index contributed by atoms with van der Waals surface area (Å²) in [5.74, 6) is 0.268. The Labute approximate surface area is 120 Å². The summed E-state index contributed by atoms with van der Waals surface area (Å²) in [6.45, 7) is 5.85. The molecule has 1 aliphatic heterocycles. The monoisotopic (exact) mass is 271 g/mol. The summed E-state index contributed by atoms with van der Waals surface area (Å²) >= 11 is 0. The SMILES string of the molecule is CC(CN1CCCC1=O)NC(C)c1ccc(C#N)cc1. The Hall–Kier alpha value is -1.86. The first-order valence-electron chi connectivity index (χ1n) is 7.14. The Kier molecular flexibility index (Phi) is 4.75. The van der Waals surface area contributed by atoms with E-state index in [1.165, 1.54) is 0 Å². The molecule has 1 amide bonds. The Morgan fingerprint density at radius 3 is 2.60 bits per heavy atom. The zero-order valence-corrected chi connectivity index (χ0v) is 12.1. The lowest BCUT2D eigenvalue weighted by Crippen LogP contribution is -2.40. The van der Waals surface area contributed by atoms with Gasteiger partial charge in [0, 0.05) is 31.6 Å². The number of amides is 1. The Morgan fingerprint density at radius 1 is 1.35 bits per heavy atom. The molecule has 2 unspecified atom stereocenters. The molecule has 1 aromatic rings. The maximum Gasteiger partial charge on any atom is 0.222 e. The molecule has 20 heavy (non-hydrogen) atoms. The van der Waals surface area contributed by atoms with Gasteiger partial charge in [0.25, 0.3) is 0 Å². The largest absolute Gasteiger partial charge is 0.341 e. The van der Waals surface area contributed by atoms with E-state index in [4.69, 9.17) is 5.26 Å². The summed E-state index contributed by atoms with van der Waals surface area (Å²) in [7, 11) is 0. The smallest absolute Gasteiger partial charge is 0.222 e. The molecule has 1 N–H and O–H groups in total. The van der Waals surface area contributed by atoms with Crippen molar-refractivity contribution in [3.05, 3.63) is 35.4 Å². The summed E-state index contributed by atoms with van der Waals surface area (Å²) in [5.41, 5.74) is 1.83. The first-order chi connectivity index (χ1) is 9.60. The predicted molar refractivity (Wildman–Crippen MR) is 78.0 cm³/mol. The first-order valence-corrected chi connectivity index (χ1v) is 7.14. The van der Waals surface area contributed by atoms with Gasteiger partial charge in [-0.3, -0.25) is 4.79 Å². The van der Waals surface area contributed by atoms with Crippen molar-refractivity contribution in [2.75, 3.05) is 13.1 Å². The van der Waals surface area contributed by atoms with Gasteiger partial charge in [-0.1, -0.05) is 12.1 Å². The molecule has 0 spiro atoms. The normalized spacial score (nSPS) is 17.9. The zero-order valence-electron chi connectivity index (χ0n) is 12.1. The molecule has 0 aliphatic carbocycles. The van der Waals surface area contributed by atoms with Crippen LogP contribution in [0.3, 0.4) is 0 Å². The van der Waals surface area contributed by atoms with Crippen molar-refractivity contribution in [1.82, 2.24) is 10.2 Å². The van der Waals surface area contributed by atoms with Gasteiger partial charge in [0.05, 0.1) is 11.6 Å². The number of benzene rings is 1. The number of likely N-dealkylation sites (tertiary alicyclic amines) is 1. The van der Waals surface area contributed by atoms with Gasteiger partial charge in [0.1, 0.15) is 0 Å². The third-order valence-electron chi connectivity index (χ3n) is 3.74. The number of nitriles is 1. The van der Waals surface area contributed by atoms with Crippen LogP contribution >= 0.6 is 0 Å². The maximum absolute atomic E-state index is 11.6. The van der Waals surface area contributed by atoms with Crippen LogP contribution in [0.5, 0.6) is 0 Å². The van der Waals surface area contributed by atoms with E-state index in [1.807, 2.05) is 29.2 Å². The highest BCUT2D eigenvalue weighted by atomic mass is 16.2. The van der Waals surface area contributed by atoms with E-state index in [2.05, 4.69) is 25.2 Å². The Morgan fingerprint density at radius 2 is 2.05 bits per heavy atom. The van der Waals surface area contributed by atoms with E-state index in [0.29, 0.717) is 12.0 Å². The van der Waals surface area contributed by atoms with Crippen molar-refractivity contribution in [3.63, 3.8) is 0 Å². The molecule has 0 saturated carbocycles. The second-order valence-electron chi connectivity index (χ2n) is 5.47. The average molecular weight is 271 g/mol. The van der Waals surface area contributed by atoms with Gasteiger partial charge in [-0.25, -0.2) is 0 Å². The van der Waals surface area contributed by atoms with Gasteiger partial charge < -0.3 is 10.2 Å². The minimum atomic E-state index is 0.204. The highest BCUT2D eigenvalue weighted by Crippen LogP contribution is 2.15. The highest BCUT2D eigenvalue weighted by molar-refractivity contribution is 5.78. The first kappa shape index (κ1) is 14.5. The van der Waals surface area contributed by atoms with Crippen molar-refractivity contribution in [2.45, 2.75) is 38.8 Å². The van der Waals surface area contributed by atoms with E-state index < -0.39 is 0 Å². The van der Waals surface area contributed by atoms with E-state index in [0.717, 1.165) is 25.1 Å². The lowest BCUT2D eigenvalue weighted by atomic mass is 10.1. The number of hydrogen-bond donors (Lipinski definition) is 1. The van der Waals surface area contributed by atoms with Crippen LogP contribution in [0, 0.1) is 11.3 Å². The topological polar surface area (TPSA) is 56.1 Å². The fourth-order valence-electron chi connectivity index (χ4n) is 2.65. The number of rotatable bonds is 5. The van der Waals surface area contributed by atoms with Crippen LogP contribution < -0.4 is 5.32 Å². The number of carbonyl (C=O) groups is 1. The van der Waals surface area contributed by atoms with Gasteiger partial charge in [-0.2, -0.15) is 5.26 Å².